The molecule has 8 heteroatoms. The van der Waals surface area contributed by atoms with Gasteiger partial charge in [-0.25, -0.2) is 5.43 Å². The van der Waals surface area contributed by atoms with E-state index in [1.165, 1.54) is 18.0 Å². The molecule has 2 N–H and O–H groups in total. The SMILES string of the molecule is Cc1ccc(-n2c(SCC(=O)NN=Cc3ccc(O)cc3)nnc2-c2ccccc2)cc1. The molecule has 4 aromatic rings. The van der Waals surface area contributed by atoms with Gasteiger partial charge in [0.05, 0.1) is 12.0 Å². The first-order valence-electron chi connectivity index (χ1n) is 9.92. The number of nitrogens with one attached hydrogen (secondary N) is 1. The number of hydrogen-bond acceptors (Lipinski definition) is 6. The lowest BCUT2D eigenvalue weighted by atomic mass is 10.2. The van der Waals surface area contributed by atoms with Gasteiger partial charge in [0.15, 0.2) is 11.0 Å². The van der Waals surface area contributed by atoms with Gasteiger partial charge in [0, 0.05) is 11.3 Å². The minimum Gasteiger partial charge on any atom is -0.508 e. The van der Waals surface area contributed by atoms with Crippen molar-refractivity contribution >= 4 is 23.9 Å². The first-order valence-corrected chi connectivity index (χ1v) is 10.9. The van der Waals surface area contributed by atoms with Crippen LogP contribution < -0.4 is 5.43 Å². The van der Waals surface area contributed by atoms with Crippen molar-refractivity contribution in [3.63, 3.8) is 0 Å². The molecule has 4 rings (SSSR count). The van der Waals surface area contributed by atoms with E-state index in [4.69, 9.17) is 0 Å². The maximum Gasteiger partial charge on any atom is 0.250 e. The number of carbonyl (C=O) groups excluding carboxylic acids is 1. The lowest BCUT2D eigenvalue weighted by molar-refractivity contribution is -0.118. The summed E-state index contributed by atoms with van der Waals surface area (Å²) in [6, 6.07) is 24.4. The number of aromatic nitrogens is 3. The summed E-state index contributed by atoms with van der Waals surface area (Å²) in [5.74, 6) is 0.758. The molecule has 0 aliphatic rings. The van der Waals surface area contributed by atoms with Gasteiger partial charge < -0.3 is 5.11 Å². The first kappa shape index (κ1) is 21.3. The first-order chi connectivity index (χ1) is 15.6. The van der Waals surface area contributed by atoms with Crippen LogP contribution in [0.15, 0.2) is 89.1 Å². The number of rotatable bonds is 7. The molecule has 0 saturated carbocycles. The van der Waals surface area contributed by atoms with Gasteiger partial charge in [0.2, 0.25) is 0 Å². The smallest absolute Gasteiger partial charge is 0.250 e. The Bertz CT molecular complexity index is 1220. The van der Waals surface area contributed by atoms with Crippen LogP contribution >= 0.6 is 11.8 Å². The Balaban J connectivity index is 1.49. The Hall–Kier alpha value is -3.91. The normalized spacial score (nSPS) is 11.0. The Morgan fingerprint density at radius 3 is 2.47 bits per heavy atom. The predicted octanol–water partition coefficient (Wildman–Crippen LogP) is 4.19. The monoisotopic (exact) mass is 443 g/mol. The van der Waals surface area contributed by atoms with E-state index in [2.05, 4.69) is 20.7 Å². The molecule has 1 aromatic heterocycles. The van der Waals surface area contributed by atoms with Crippen LogP contribution in [0.3, 0.4) is 0 Å². The van der Waals surface area contributed by atoms with Gasteiger partial charge in [0.25, 0.3) is 5.91 Å². The van der Waals surface area contributed by atoms with Crippen molar-refractivity contribution in [1.29, 1.82) is 0 Å². The number of aromatic hydroxyl groups is 1. The van der Waals surface area contributed by atoms with Crippen molar-refractivity contribution in [3.05, 3.63) is 90.0 Å². The molecule has 0 atom stereocenters. The molecule has 0 spiro atoms. The molecule has 0 unspecified atom stereocenters. The van der Waals surface area contributed by atoms with Crippen molar-refractivity contribution in [2.75, 3.05) is 5.75 Å². The van der Waals surface area contributed by atoms with Crippen LogP contribution in [-0.2, 0) is 4.79 Å². The second kappa shape index (κ2) is 9.93. The zero-order chi connectivity index (χ0) is 22.3. The number of benzene rings is 3. The van der Waals surface area contributed by atoms with Gasteiger partial charge >= 0.3 is 0 Å². The molecule has 160 valence electrons. The van der Waals surface area contributed by atoms with Crippen molar-refractivity contribution in [3.8, 4) is 22.8 Å². The highest BCUT2D eigenvalue weighted by atomic mass is 32.2. The zero-order valence-electron chi connectivity index (χ0n) is 17.3. The largest absolute Gasteiger partial charge is 0.508 e. The Kier molecular flexibility index (Phi) is 6.62. The zero-order valence-corrected chi connectivity index (χ0v) is 18.2. The van der Waals surface area contributed by atoms with E-state index in [9.17, 15) is 9.90 Å². The van der Waals surface area contributed by atoms with E-state index in [0.29, 0.717) is 11.0 Å². The summed E-state index contributed by atoms with van der Waals surface area (Å²) in [6.45, 7) is 2.03. The number of carbonyl (C=O) groups is 1. The van der Waals surface area contributed by atoms with Crippen molar-refractivity contribution in [2.24, 2.45) is 5.10 Å². The maximum absolute atomic E-state index is 12.3. The minimum atomic E-state index is -0.259. The fraction of sp³-hybridized carbons (Fsp3) is 0.0833. The predicted molar refractivity (Wildman–Crippen MR) is 126 cm³/mol. The van der Waals surface area contributed by atoms with E-state index < -0.39 is 0 Å². The van der Waals surface area contributed by atoms with Crippen molar-refractivity contribution in [2.45, 2.75) is 12.1 Å². The average molecular weight is 444 g/mol. The molecule has 0 fully saturated rings. The third-order valence-corrected chi connectivity index (χ3v) is 5.51. The lowest BCUT2D eigenvalue weighted by Gasteiger charge is -2.10. The van der Waals surface area contributed by atoms with Gasteiger partial charge in [-0.05, 0) is 48.9 Å². The highest BCUT2D eigenvalue weighted by Gasteiger charge is 2.17. The fourth-order valence-corrected chi connectivity index (χ4v) is 3.71. The molecule has 0 bridgehead atoms. The quantitative estimate of drug-likeness (QED) is 0.254. The van der Waals surface area contributed by atoms with E-state index in [1.807, 2.05) is 66.1 Å². The molecule has 0 radical (unpaired) electrons. The van der Waals surface area contributed by atoms with Crippen LogP contribution in [-0.4, -0.2) is 37.7 Å². The van der Waals surface area contributed by atoms with Crippen LogP contribution in [0.1, 0.15) is 11.1 Å². The second-order valence-electron chi connectivity index (χ2n) is 7.02. The van der Waals surface area contributed by atoms with Crippen molar-refractivity contribution < 1.29 is 9.90 Å². The molecule has 1 amide bonds. The number of hydrogen-bond donors (Lipinski definition) is 2. The summed E-state index contributed by atoms with van der Waals surface area (Å²) in [5.41, 5.74) is 6.30. The van der Waals surface area contributed by atoms with Crippen LogP contribution in [0.25, 0.3) is 17.1 Å². The van der Waals surface area contributed by atoms with Gasteiger partial charge in [-0.2, -0.15) is 5.10 Å². The topological polar surface area (TPSA) is 92.4 Å². The van der Waals surface area contributed by atoms with Gasteiger partial charge in [-0.15, -0.1) is 10.2 Å². The number of nitrogens with zero attached hydrogens (tertiary/aromatic N) is 4. The molecular formula is C24H21N5O2S. The van der Waals surface area contributed by atoms with E-state index in [0.717, 1.165) is 22.4 Å². The highest BCUT2D eigenvalue weighted by molar-refractivity contribution is 7.99. The van der Waals surface area contributed by atoms with Gasteiger partial charge in [-0.3, -0.25) is 9.36 Å². The number of hydrazone groups is 1. The summed E-state index contributed by atoms with van der Waals surface area (Å²) in [5, 5.41) is 22.6. The Labute approximate surface area is 189 Å². The van der Waals surface area contributed by atoms with Gasteiger partial charge in [0.1, 0.15) is 5.75 Å². The molecule has 1 heterocycles. The standard InChI is InChI=1S/C24H21N5O2S/c1-17-7-11-20(12-8-17)29-23(19-5-3-2-4-6-19)27-28-24(29)32-16-22(31)26-25-15-18-9-13-21(30)14-10-18/h2-15,30H,16H2,1H3,(H,26,31). The third-order valence-electron chi connectivity index (χ3n) is 4.59. The number of aryl methyl sites for hydroxylation is 1. The van der Waals surface area contributed by atoms with Crippen LogP contribution in [0, 0.1) is 6.92 Å². The lowest BCUT2D eigenvalue weighted by Crippen LogP contribution is -2.20. The molecular weight excluding hydrogens is 422 g/mol. The van der Waals surface area contributed by atoms with E-state index >= 15 is 0 Å². The maximum atomic E-state index is 12.3. The molecule has 0 saturated heterocycles. The number of thioether (sulfide) groups is 1. The van der Waals surface area contributed by atoms with Crippen LogP contribution in [0.5, 0.6) is 5.75 Å². The summed E-state index contributed by atoms with van der Waals surface area (Å²) < 4.78 is 1.95. The minimum absolute atomic E-state index is 0.131. The average Bonchev–Trinajstić information content (AvgIpc) is 3.24. The number of amides is 1. The molecule has 32 heavy (non-hydrogen) atoms. The van der Waals surface area contributed by atoms with E-state index in [1.54, 1.807) is 24.3 Å². The number of phenols is 1. The van der Waals surface area contributed by atoms with Crippen LogP contribution in [0.4, 0.5) is 0 Å². The van der Waals surface area contributed by atoms with Gasteiger partial charge in [-0.1, -0.05) is 59.8 Å². The fourth-order valence-electron chi connectivity index (χ4n) is 2.97. The molecule has 0 aliphatic heterocycles. The van der Waals surface area contributed by atoms with Crippen LogP contribution in [0.2, 0.25) is 0 Å². The molecule has 7 nitrogen and oxygen atoms in total. The summed E-state index contributed by atoms with van der Waals surface area (Å²) >= 11 is 1.29. The Morgan fingerprint density at radius 1 is 1.03 bits per heavy atom. The second-order valence-corrected chi connectivity index (χ2v) is 7.96. The highest BCUT2D eigenvalue weighted by Crippen LogP contribution is 2.28. The number of phenolic OH excluding ortho intramolecular Hbond substituents is 1. The van der Waals surface area contributed by atoms with E-state index in [-0.39, 0.29) is 17.4 Å². The summed E-state index contributed by atoms with van der Waals surface area (Å²) in [7, 11) is 0. The Morgan fingerprint density at radius 2 is 1.75 bits per heavy atom. The molecule has 3 aromatic carbocycles. The molecule has 0 aliphatic carbocycles. The van der Waals surface area contributed by atoms with Crippen molar-refractivity contribution in [1.82, 2.24) is 20.2 Å². The third kappa shape index (κ3) is 5.22. The summed E-state index contributed by atoms with van der Waals surface area (Å²) in [6.07, 6.45) is 1.52. The summed E-state index contributed by atoms with van der Waals surface area (Å²) in [4.78, 5) is 12.3.